The Morgan fingerprint density at radius 1 is 1.10 bits per heavy atom. The Kier molecular flexibility index (Phi) is 6.64. The van der Waals surface area contributed by atoms with E-state index in [9.17, 15) is 0 Å². The fourth-order valence-electron chi connectivity index (χ4n) is 2.12. The van der Waals surface area contributed by atoms with Gasteiger partial charge in [0.05, 0.1) is 5.69 Å². The van der Waals surface area contributed by atoms with Gasteiger partial charge in [0.25, 0.3) is 0 Å². The summed E-state index contributed by atoms with van der Waals surface area (Å²) in [4.78, 5) is 13.0. The van der Waals surface area contributed by atoms with Gasteiger partial charge in [0.15, 0.2) is 0 Å². The van der Waals surface area contributed by atoms with E-state index in [1.807, 2.05) is 24.3 Å². The fourth-order valence-corrected chi connectivity index (χ4v) is 2.12. The topological polar surface area (TPSA) is 62.7 Å². The minimum absolute atomic E-state index is 0. The van der Waals surface area contributed by atoms with E-state index in [4.69, 9.17) is 0 Å². The lowest BCUT2D eigenvalue weighted by molar-refractivity contribution is 0.732. The average molecular weight is 314 g/mol. The van der Waals surface area contributed by atoms with E-state index in [1.165, 1.54) is 0 Å². The van der Waals surface area contributed by atoms with Crippen molar-refractivity contribution in [3.63, 3.8) is 0 Å². The Bertz CT molecular complexity index is 517. The van der Waals surface area contributed by atoms with Crippen LogP contribution in [0.15, 0.2) is 36.7 Å². The molecule has 1 fully saturated rings. The molecule has 5 nitrogen and oxygen atoms in total. The summed E-state index contributed by atoms with van der Waals surface area (Å²) in [5.74, 6) is 1.87. The summed E-state index contributed by atoms with van der Waals surface area (Å²) in [7, 11) is 0. The average Bonchev–Trinajstić information content (AvgIpc) is 2.94. The predicted octanol–water partition coefficient (Wildman–Crippen LogP) is 2.54. The van der Waals surface area contributed by atoms with Crippen LogP contribution < -0.4 is 10.6 Å². The van der Waals surface area contributed by atoms with Crippen LogP contribution in [0.25, 0.3) is 0 Å². The number of anilines is 2. The van der Waals surface area contributed by atoms with Gasteiger partial charge in [-0.1, -0.05) is 6.07 Å². The Morgan fingerprint density at radius 2 is 2.00 bits per heavy atom. The van der Waals surface area contributed by atoms with E-state index in [0.717, 1.165) is 31.0 Å². The van der Waals surface area contributed by atoms with Gasteiger partial charge in [-0.05, 0) is 31.2 Å². The zero-order valence-corrected chi connectivity index (χ0v) is 12.5. The molecule has 108 valence electrons. The highest BCUT2D eigenvalue weighted by Gasteiger charge is 2.18. The predicted molar refractivity (Wildman–Crippen MR) is 84.3 cm³/mol. The molecule has 3 rings (SSSR count). The van der Waals surface area contributed by atoms with Gasteiger partial charge in [0.1, 0.15) is 5.82 Å². The first-order chi connectivity index (χ1) is 8.92. The molecule has 0 radical (unpaired) electrons. The summed E-state index contributed by atoms with van der Waals surface area (Å²) >= 11 is 0. The van der Waals surface area contributed by atoms with Gasteiger partial charge in [-0.15, -0.1) is 24.8 Å². The molecule has 0 aromatic carbocycles. The third kappa shape index (κ3) is 4.03. The molecule has 20 heavy (non-hydrogen) atoms. The molecule has 0 spiro atoms. The van der Waals surface area contributed by atoms with Crippen molar-refractivity contribution in [2.45, 2.75) is 12.3 Å². The molecule has 2 aromatic rings. The van der Waals surface area contributed by atoms with Crippen molar-refractivity contribution in [2.75, 3.05) is 18.4 Å². The molecule has 0 saturated carbocycles. The second-order valence-electron chi connectivity index (χ2n) is 4.33. The molecular formula is C13H17Cl2N5. The van der Waals surface area contributed by atoms with Crippen LogP contribution in [0.5, 0.6) is 0 Å². The monoisotopic (exact) mass is 313 g/mol. The molecule has 1 saturated heterocycles. The molecule has 0 bridgehead atoms. The largest absolute Gasteiger partial charge is 0.316 e. The molecule has 2 aromatic heterocycles. The van der Waals surface area contributed by atoms with Crippen LogP contribution in [0.4, 0.5) is 11.8 Å². The second kappa shape index (κ2) is 7.99. The van der Waals surface area contributed by atoms with E-state index in [0.29, 0.717) is 11.9 Å². The Balaban J connectivity index is 0.000001000. The Morgan fingerprint density at radius 3 is 2.70 bits per heavy atom. The van der Waals surface area contributed by atoms with Gasteiger partial charge < -0.3 is 10.6 Å². The van der Waals surface area contributed by atoms with Crippen LogP contribution in [-0.4, -0.2) is 28.0 Å². The maximum Gasteiger partial charge on any atom is 0.228 e. The zero-order valence-electron chi connectivity index (χ0n) is 10.8. The molecule has 1 aliphatic rings. The van der Waals surface area contributed by atoms with Gasteiger partial charge in [0, 0.05) is 24.9 Å². The molecular weight excluding hydrogens is 297 g/mol. The van der Waals surface area contributed by atoms with E-state index < -0.39 is 0 Å². The van der Waals surface area contributed by atoms with Crippen molar-refractivity contribution >= 4 is 36.6 Å². The third-order valence-electron chi connectivity index (χ3n) is 3.06. The molecule has 7 heteroatoms. The van der Waals surface area contributed by atoms with Crippen molar-refractivity contribution < 1.29 is 0 Å². The Hall–Kier alpha value is -1.43. The molecule has 1 aliphatic heterocycles. The first kappa shape index (κ1) is 16.6. The highest BCUT2D eigenvalue weighted by atomic mass is 35.5. The summed E-state index contributed by atoms with van der Waals surface area (Å²) < 4.78 is 0. The van der Waals surface area contributed by atoms with Crippen molar-refractivity contribution in [2.24, 2.45) is 0 Å². The third-order valence-corrected chi connectivity index (χ3v) is 3.06. The van der Waals surface area contributed by atoms with E-state index in [2.05, 4.69) is 25.6 Å². The number of hydrogen-bond donors (Lipinski definition) is 2. The number of pyridine rings is 1. The quantitative estimate of drug-likeness (QED) is 0.911. The number of hydrogen-bond acceptors (Lipinski definition) is 5. The smallest absolute Gasteiger partial charge is 0.228 e. The minimum Gasteiger partial charge on any atom is -0.316 e. The maximum atomic E-state index is 4.55. The lowest BCUT2D eigenvalue weighted by Crippen LogP contribution is -2.10. The summed E-state index contributed by atoms with van der Waals surface area (Å²) in [5, 5.41) is 6.46. The van der Waals surface area contributed by atoms with Crippen LogP contribution in [0.1, 0.15) is 18.0 Å². The highest BCUT2D eigenvalue weighted by Crippen LogP contribution is 2.21. The van der Waals surface area contributed by atoms with E-state index >= 15 is 0 Å². The van der Waals surface area contributed by atoms with Gasteiger partial charge in [-0.25, -0.2) is 15.0 Å². The molecule has 3 heterocycles. The summed E-state index contributed by atoms with van der Waals surface area (Å²) in [6.45, 7) is 2.07. The van der Waals surface area contributed by atoms with Crippen LogP contribution in [-0.2, 0) is 0 Å². The molecule has 1 unspecified atom stereocenters. The van der Waals surface area contributed by atoms with Gasteiger partial charge >= 0.3 is 0 Å². The molecule has 1 atom stereocenters. The number of nitrogens with one attached hydrogen (secondary N) is 2. The molecule has 0 aliphatic carbocycles. The maximum absolute atomic E-state index is 4.55. The van der Waals surface area contributed by atoms with Crippen LogP contribution >= 0.6 is 24.8 Å². The SMILES string of the molecule is Cl.Cl.c1ccc(Nc2nccc(C3CCNC3)n2)nc1. The summed E-state index contributed by atoms with van der Waals surface area (Å²) in [6, 6.07) is 7.70. The van der Waals surface area contributed by atoms with Crippen molar-refractivity contribution in [1.29, 1.82) is 0 Å². The lowest BCUT2D eigenvalue weighted by atomic mass is 10.1. The molecule has 2 N–H and O–H groups in total. The van der Waals surface area contributed by atoms with Crippen molar-refractivity contribution in [3.05, 3.63) is 42.4 Å². The van der Waals surface area contributed by atoms with Gasteiger partial charge in [0.2, 0.25) is 5.95 Å². The normalized spacial score (nSPS) is 16.9. The van der Waals surface area contributed by atoms with Gasteiger partial charge in [-0.3, -0.25) is 0 Å². The Labute approximate surface area is 130 Å². The summed E-state index contributed by atoms with van der Waals surface area (Å²) in [5.41, 5.74) is 1.09. The number of nitrogens with zero attached hydrogens (tertiary/aromatic N) is 3. The molecule has 0 amide bonds. The first-order valence-electron chi connectivity index (χ1n) is 6.13. The second-order valence-corrected chi connectivity index (χ2v) is 4.33. The number of halogens is 2. The lowest BCUT2D eigenvalue weighted by Gasteiger charge is -2.09. The van der Waals surface area contributed by atoms with Crippen molar-refractivity contribution in [1.82, 2.24) is 20.3 Å². The van der Waals surface area contributed by atoms with Crippen LogP contribution in [0.3, 0.4) is 0 Å². The standard InChI is InChI=1S/C13H15N5.2ClH/c1-2-6-15-12(3-1)18-13-16-8-5-11(17-13)10-4-7-14-9-10;;/h1-3,5-6,8,10,14H,4,7,9H2,(H,15,16,17,18);2*1H. The van der Waals surface area contributed by atoms with Crippen LogP contribution in [0, 0.1) is 0 Å². The highest BCUT2D eigenvalue weighted by molar-refractivity contribution is 5.85. The minimum atomic E-state index is 0. The first-order valence-corrected chi connectivity index (χ1v) is 6.13. The number of aromatic nitrogens is 3. The zero-order chi connectivity index (χ0) is 12.2. The van der Waals surface area contributed by atoms with E-state index in [1.54, 1.807) is 12.4 Å². The van der Waals surface area contributed by atoms with E-state index in [-0.39, 0.29) is 24.8 Å². The number of rotatable bonds is 3. The van der Waals surface area contributed by atoms with Crippen molar-refractivity contribution in [3.8, 4) is 0 Å². The van der Waals surface area contributed by atoms with Crippen LogP contribution in [0.2, 0.25) is 0 Å². The van der Waals surface area contributed by atoms with Gasteiger partial charge in [-0.2, -0.15) is 0 Å². The summed E-state index contributed by atoms with van der Waals surface area (Å²) in [6.07, 6.45) is 4.68. The fraction of sp³-hybridized carbons (Fsp3) is 0.308.